The van der Waals surface area contributed by atoms with Crippen LogP contribution in [0, 0.1) is 13.8 Å². The lowest BCUT2D eigenvalue weighted by Gasteiger charge is -2.04. The van der Waals surface area contributed by atoms with Gasteiger partial charge in [0, 0.05) is 30.6 Å². The molecule has 3 aromatic rings. The van der Waals surface area contributed by atoms with Gasteiger partial charge in [-0.05, 0) is 26.8 Å². The molecule has 3 aromatic heterocycles. The molecule has 6 heteroatoms. The Kier molecular flexibility index (Phi) is 2.74. The molecule has 0 fully saturated rings. The van der Waals surface area contributed by atoms with Gasteiger partial charge in [-0.15, -0.1) is 0 Å². The number of aromatic amines is 1. The molecule has 0 aliphatic rings. The highest BCUT2D eigenvalue weighted by Gasteiger charge is 2.16. The third kappa shape index (κ3) is 1.76. The summed E-state index contributed by atoms with van der Waals surface area (Å²) in [5, 5.41) is 9.83. The van der Waals surface area contributed by atoms with Crippen molar-refractivity contribution in [2.75, 3.05) is 0 Å². The van der Waals surface area contributed by atoms with E-state index in [4.69, 9.17) is 0 Å². The summed E-state index contributed by atoms with van der Waals surface area (Å²) in [7, 11) is 1.88. The minimum absolute atomic E-state index is 0.124. The van der Waals surface area contributed by atoms with Crippen molar-refractivity contribution in [3.05, 3.63) is 33.9 Å². The van der Waals surface area contributed by atoms with Gasteiger partial charge in [0.05, 0.1) is 17.1 Å². The first-order valence-electron chi connectivity index (χ1n) is 6.62. The van der Waals surface area contributed by atoms with Crippen molar-refractivity contribution in [1.29, 1.82) is 0 Å². The highest BCUT2D eigenvalue weighted by molar-refractivity contribution is 5.93. The second-order valence-corrected chi connectivity index (χ2v) is 4.97. The van der Waals surface area contributed by atoms with E-state index >= 15 is 0 Å². The van der Waals surface area contributed by atoms with Crippen molar-refractivity contribution in [3.8, 4) is 11.3 Å². The molecular formula is C14H17N5O. The summed E-state index contributed by atoms with van der Waals surface area (Å²) in [6.45, 7) is 6.62. The minimum Gasteiger partial charge on any atom is -0.307 e. The molecule has 104 valence electrons. The standard InChI is InChI=1S/C14H17N5O/c1-5-19-14-13(9(3)17-19)10(7-12(20)15-14)11-6-8(2)16-18(11)4/h6-7H,5H2,1-4H3,(H,15,20). The second-order valence-electron chi connectivity index (χ2n) is 4.97. The fraction of sp³-hybridized carbons (Fsp3) is 0.357. The Morgan fingerprint density at radius 1 is 1.25 bits per heavy atom. The molecule has 0 spiro atoms. The first kappa shape index (κ1) is 12.7. The third-order valence-corrected chi connectivity index (χ3v) is 3.49. The zero-order valence-corrected chi connectivity index (χ0v) is 12.1. The number of nitrogens with zero attached hydrogens (tertiary/aromatic N) is 4. The summed E-state index contributed by atoms with van der Waals surface area (Å²) >= 11 is 0. The number of H-pyrrole nitrogens is 1. The van der Waals surface area contributed by atoms with Crippen LogP contribution in [-0.4, -0.2) is 24.5 Å². The molecule has 6 nitrogen and oxygen atoms in total. The number of rotatable bonds is 2. The van der Waals surface area contributed by atoms with Crippen LogP contribution in [0.15, 0.2) is 16.9 Å². The van der Waals surface area contributed by atoms with Crippen molar-refractivity contribution in [1.82, 2.24) is 24.5 Å². The van der Waals surface area contributed by atoms with Crippen molar-refractivity contribution in [3.63, 3.8) is 0 Å². The Morgan fingerprint density at radius 2 is 2.00 bits per heavy atom. The number of hydrogen-bond acceptors (Lipinski definition) is 3. The van der Waals surface area contributed by atoms with Crippen LogP contribution in [0.5, 0.6) is 0 Å². The normalized spacial score (nSPS) is 11.4. The zero-order chi connectivity index (χ0) is 14.4. The minimum atomic E-state index is -0.124. The molecule has 0 radical (unpaired) electrons. The Hall–Kier alpha value is -2.37. The molecule has 3 heterocycles. The largest absolute Gasteiger partial charge is 0.307 e. The van der Waals surface area contributed by atoms with Crippen LogP contribution in [0.1, 0.15) is 18.3 Å². The molecule has 0 aliphatic carbocycles. The van der Waals surface area contributed by atoms with Crippen molar-refractivity contribution < 1.29 is 0 Å². The van der Waals surface area contributed by atoms with Gasteiger partial charge in [0.15, 0.2) is 0 Å². The van der Waals surface area contributed by atoms with Crippen LogP contribution in [0.4, 0.5) is 0 Å². The van der Waals surface area contributed by atoms with E-state index in [1.165, 1.54) is 0 Å². The Balaban J connectivity index is 2.44. The maximum atomic E-state index is 11.9. The topological polar surface area (TPSA) is 68.5 Å². The number of nitrogens with one attached hydrogen (secondary N) is 1. The van der Waals surface area contributed by atoms with E-state index < -0.39 is 0 Å². The van der Waals surface area contributed by atoms with Gasteiger partial charge in [-0.1, -0.05) is 0 Å². The van der Waals surface area contributed by atoms with Gasteiger partial charge in [-0.3, -0.25) is 9.48 Å². The summed E-state index contributed by atoms with van der Waals surface area (Å²) in [6.07, 6.45) is 0. The van der Waals surface area contributed by atoms with E-state index in [0.717, 1.165) is 33.7 Å². The highest BCUT2D eigenvalue weighted by Crippen LogP contribution is 2.28. The summed E-state index contributed by atoms with van der Waals surface area (Å²) in [5.41, 5.74) is 4.29. The number of fused-ring (bicyclic) bond motifs is 1. The van der Waals surface area contributed by atoms with Crippen LogP contribution in [0.3, 0.4) is 0 Å². The zero-order valence-electron chi connectivity index (χ0n) is 12.1. The van der Waals surface area contributed by atoms with Crippen LogP contribution >= 0.6 is 0 Å². The highest BCUT2D eigenvalue weighted by atomic mass is 16.1. The lowest BCUT2D eigenvalue weighted by molar-refractivity contribution is 0.669. The molecule has 0 aliphatic heterocycles. The molecule has 0 saturated heterocycles. The van der Waals surface area contributed by atoms with E-state index in [-0.39, 0.29) is 5.56 Å². The summed E-state index contributed by atoms with van der Waals surface area (Å²) in [6, 6.07) is 3.60. The van der Waals surface area contributed by atoms with Crippen molar-refractivity contribution in [2.45, 2.75) is 27.3 Å². The van der Waals surface area contributed by atoms with E-state index in [1.807, 2.05) is 38.6 Å². The molecule has 0 atom stereocenters. The van der Waals surface area contributed by atoms with E-state index in [0.29, 0.717) is 6.54 Å². The Morgan fingerprint density at radius 3 is 2.60 bits per heavy atom. The maximum absolute atomic E-state index is 11.9. The first-order valence-corrected chi connectivity index (χ1v) is 6.62. The summed E-state index contributed by atoms with van der Waals surface area (Å²) < 4.78 is 3.62. The molecular weight excluding hydrogens is 254 g/mol. The lowest BCUT2D eigenvalue weighted by Crippen LogP contribution is -2.08. The number of aryl methyl sites for hydroxylation is 4. The first-order chi connectivity index (χ1) is 9.51. The Bertz CT molecular complexity index is 852. The molecule has 0 amide bonds. The van der Waals surface area contributed by atoms with Gasteiger partial charge in [0.1, 0.15) is 5.65 Å². The quantitative estimate of drug-likeness (QED) is 0.772. The van der Waals surface area contributed by atoms with Gasteiger partial charge < -0.3 is 4.98 Å². The SMILES string of the molecule is CCn1nc(C)c2c(-c3cc(C)nn3C)cc(=O)[nH]c21. The molecule has 0 aromatic carbocycles. The van der Waals surface area contributed by atoms with Crippen molar-refractivity contribution >= 4 is 11.0 Å². The molecule has 0 saturated carbocycles. The number of aromatic nitrogens is 5. The molecule has 3 rings (SSSR count). The molecule has 0 bridgehead atoms. The van der Waals surface area contributed by atoms with E-state index in [1.54, 1.807) is 10.7 Å². The third-order valence-electron chi connectivity index (χ3n) is 3.49. The monoisotopic (exact) mass is 271 g/mol. The van der Waals surface area contributed by atoms with Crippen LogP contribution in [0.25, 0.3) is 22.3 Å². The molecule has 20 heavy (non-hydrogen) atoms. The molecule has 0 unspecified atom stereocenters. The predicted octanol–water partition coefficient (Wildman–Crippen LogP) is 1.76. The van der Waals surface area contributed by atoms with Gasteiger partial charge in [-0.2, -0.15) is 10.2 Å². The second kappa shape index (κ2) is 4.33. The average molecular weight is 271 g/mol. The van der Waals surface area contributed by atoms with Gasteiger partial charge in [0.2, 0.25) is 5.56 Å². The van der Waals surface area contributed by atoms with Crippen LogP contribution in [-0.2, 0) is 13.6 Å². The van der Waals surface area contributed by atoms with Crippen LogP contribution in [0.2, 0.25) is 0 Å². The maximum Gasteiger partial charge on any atom is 0.250 e. The van der Waals surface area contributed by atoms with E-state index in [2.05, 4.69) is 15.2 Å². The van der Waals surface area contributed by atoms with Crippen molar-refractivity contribution in [2.24, 2.45) is 7.05 Å². The fourth-order valence-electron chi connectivity index (χ4n) is 2.68. The van der Waals surface area contributed by atoms with Gasteiger partial charge >= 0.3 is 0 Å². The van der Waals surface area contributed by atoms with Gasteiger partial charge in [0.25, 0.3) is 0 Å². The smallest absolute Gasteiger partial charge is 0.250 e. The number of pyridine rings is 1. The predicted molar refractivity (Wildman–Crippen MR) is 77.7 cm³/mol. The summed E-state index contributed by atoms with van der Waals surface area (Å²) in [5.74, 6) is 0. The van der Waals surface area contributed by atoms with Gasteiger partial charge in [-0.25, -0.2) is 4.68 Å². The Labute approximate surface area is 116 Å². The summed E-state index contributed by atoms with van der Waals surface area (Å²) in [4.78, 5) is 14.8. The van der Waals surface area contributed by atoms with Crippen LogP contribution < -0.4 is 5.56 Å². The molecule has 1 N–H and O–H groups in total. The lowest BCUT2D eigenvalue weighted by atomic mass is 10.1. The number of hydrogen-bond donors (Lipinski definition) is 1. The average Bonchev–Trinajstić information content (AvgIpc) is 2.88. The van der Waals surface area contributed by atoms with E-state index in [9.17, 15) is 4.79 Å². The fourth-order valence-corrected chi connectivity index (χ4v) is 2.68.